The SMILES string of the molecule is Cc1cc(Br)cc(S(=O)(=O)N2CCCC2CO)c1. The Kier molecular flexibility index (Phi) is 4.11. The van der Waals surface area contributed by atoms with E-state index in [9.17, 15) is 13.5 Å². The number of nitrogens with zero attached hydrogens (tertiary/aromatic N) is 1. The Morgan fingerprint density at radius 1 is 1.44 bits per heavy atom. The third-order valence-electron chi connectivity index (χ3n) is 3.16. The second kappa shape index (κ2) is 5.28. The summed E-state index contributed by atoms with van der Waals surface area (Å²) in [5.74, 6) is 0. The van der Waals surface area contributed by atoms with Crippen LogP contribution in [-0.2, 0) is 10.0 Å². The average Bonchev–Trinajstić information content (AvgIpc) is 2.76. The van der Waals surface area contributed by atoms with E-state index in [4.69, 9.17) is 0 Å². The van der Waals surface area contributed by atoms with Gasteiger partial charge in [-0.25, -0.2) is 8.42 Å². The highest BCUT2D eigenvalue weighted by atomic mass is 79.9. The van der Waals surface area contributed by atoms with E-state index in [1.54, 1.807) is 12.1 Å². The quantitative estimate of drug-likeness (QED) is 0.919. The molecule has 0 amide bonds. The van der Waals surface area contributed by atoms with Crippen molar-refractivity contribution in [1.82, 2.24) is 4.31 Å². The van der Waals surface area contributed by atoms with Crippen LogP contribution in [0.25, 0.3) is 0 Å². The molecule has 0 aromatic heterocycles. The van der Waals surface area contributed by atoms with Crippen molar-refractivity contribution >= 4 is 26.0 Å². The summed E-state index contributed by atoms with van der Waals surface area (Å²) in [6, 6.07) is 4.85. The molecule has 0 radical (unpaired) electrons. The van der Waals surface area contributed by atoms with Crippen LogP contribution in [0.4, 0.5) is 0 Å². The summed E-state index contributed by atoms with van der Waals surface area (Å²) < 4.78 is 27.2. The summed E-state index contributed by atoms with van der Waals surface area (Å²) in [7, 11) is -3.50. The molecule has 1 heterocycles. The van der Waals surface area contributed by atoms with Gasteiger partial charge in [-0.3, -0.25) is 0 Å². The van der Waals surface area contributed by atoms with E-state index in [-0.39, 0.29) is 17.5 Å². The summed E-state index contributed by atoms with van der Waals surface area (Å²) in [4.78, 5) is 0.287. The second-order valence-corrected chi connectivity index (χ2v) is 7.36. The molecule has 0 saturated carbocycles. The van der Waals surface area contributed by atoms with Gasteiger partial charge in [-0.1, -0.05) is 15.9 Å². The molecule has 1 aromatic rings. The van der Waals surface area contributed by atoms with E-state index >= 15 is 0 Å². The highest BCUT2D eigenvalue weighted by molar-refractivity contribution is 9.10. The maximum Gasteiger partial charge on any atom is 0.243 e. The number of hydrogen-bond donors (Lipinski definition) is 1. The van der Waals surface area contributed by atoms with Crippen LogP contribution in [0.1, 0.15) is 18.4 Å². The molecule has 0 spiro atoms. The first-order valence-electron chi connectivity index (χ1n) is 5.85. The first-order valence-corrected chi connectivity index (χ1v) is 8.08. The molecule has 100 valence electrons. The molecule has 1 aromatic carbocycles. The topological polar surface area (TPSA) is 57.6 Å². The van der Waals surface area contributed by atoms with Gasteiger partial charge in [-0.05, 0) is 43.5 Å². The highest BCUT2D eigenvalue weighted by Gasteiger charge is 2.34. The maximum absolute atomic E-state index is 12.5. The highest BCUT2D eigenvalue weighted by Crippen LogP contribution is 2.28. The molecular weight excluding hydrogens is 318 g/mol. The van der Waals surface area contributed by atoms with E-state index < -0.39 is 10.0 Å². The summed E-state index contributed by atoms with van der Waals surface area (Å²) in [6.07, 6.45) is 1.53. The largest absolute Gasteiger partial charge is 0.395 e. The van der Waals surface area contributed by atoms with Gasteiger partial charge in [-0.2, -0.15) is 4.31 Å². The lowest BCUT2D eigenvalue weighted by atomic mass is 10.2. The van der Waals surface area contributed by atoms with Crippen molar-refractivity contribution in [3.05, 3.63) is 28.2 Å². The fraction of sp³-hybridized carbons (Fsp3) is 0.500. The van der Waals surface area contributed by atoms with E-state index in [1.165, 1.54) is 4.31 Å². The fourth-order valence-electron chi connectivity index (χ4n) is 2.30. The Balaban J connectivity index is 2.41. The van der Waals surface area contributed by atoms with Gasteiger partial charge in [0.2, 0.25) is 10.0 Å². The van der Waals surface area contributed by atoms with Crippen LogP contribution >= 0.6 is 15.9 Å². The lowest BCUT2D eigenvalue weighted by Crippen LogP contribution is -2.37. The number of sulfonamides is 1. The van der Waals surface area contributed by atoms with Gasteiger partial charge < -0.3 is 5.11 Å². The zero-order chi connectivity index (χ0) is 13.3. The molecule has 1 aliphatic rings. The van der Waals surface area contributed by atoms with Crippen molar-refractivity contribution in [2.24, 2.45) is 0 Å². The summed E-state index contributed by atoms with van der Waals surface area (Å²) in [5.41, 5.74) is 0.891. The van der Waals surface area contributed by atoms with Crippen molar-refractivity contribution in [3.63, 3.8) is 0 Å². The van der Waals surface area contributed by atoms with Gasteiger partial charge in [0.05, 0.1) is 11.5 Å². The van der Waals surface area contributed by atoms with Crippen LogP contribution in [0.3, 0.4) is 0 Å². The predicted octanol–water partition coefficient (Wildman–Crippen LogP) is 1.90. The number of aliphatic hydroxyl groups excluding tert-OH is 1. The number of benzene rings is 1. The fourth-order valence-corrected chi connectivity index (χ4v) is 4.87. The van der Waals surface area contributed by atoms with Crippen LogP contribution in [0.2, 0.25) is 0 Å². The molecule has 1 saturated heterocycles. The summed E-state index contributed by atoms with van der Waals surface area (Å²) in [6.45, 7) is 2.22. The first kappa shape index (κ1) is 14.0. The number of halogens is 1. The van der Waals surface area contributed by atoms with Crippen LogP contribution in [0, 0.1) is 6.92 Å². The molecular formula is C12H16BrNO3S. The molecule has 1 atom stereocenters. The van der Waals surface area contributed by atoms with E-state index in [0.717, 1.165) is 22.9 Å². The van der Waals surface area contributed by atoms with E-state index in [0.29, 0.717) is 6.54 Å². The van der Waals surface area contributed by atoms with Crippen molar-refractivity contribution in [2.45, 2.75) is 30.7 Å². The Labute approximate surface area is 116 Å². The number of hydrogen-bond acceptors (Lipinski definition) is 3. The summed E-state index contributed by atoms with van der Waals surface area (Å²) >= 11 is 3.31. The van der Waals surface area contributed by atoms with Crippen molar-refractivity contribution < 1.29 is 13.5 Å². The van der Waals surface area contributed by atoms with Crippen molar-refractivity contribution in [1.29, 1.82) is 0 Å². The van der Waals surface area contributed by atoms with Gasteiger partial charge in [0.15, 0.2) is 0 Å². The second-order valence-electron chi connectivity index (χ2n) is 4.56. The molecule has 6 heteroatoms. The smallest absolute Gasteiger partial charge is 0.243 e. The van der Waals surface area contributed by atoms with Gasteiger partial charge in [0.25, 0.3) is 0 Å². The molecule has 1 N–H and O–H groups in total. The zero-order valence-electron chi connectivity index (χ0n) is 10.1. The lowest BCUT2D eigenvalue weighted by Gasteiger charge is -2.22. The molecule has 1 aliphatic heterocycles. The third-order valence-corrected chi connectivity index (χ3v) is 5.54. The van der Waals surface area contributed by atoms with Gasteiger partial charge in [0.1, 0.15) is 0 Å². The monoisotopic (exact) mass is 333 g/mol. The van der Waals surface area contributed by atoms with Gasteiger partial charge in [-0.15, -0.1) is 0 Å². The minimum absolute atomic E-state index is 0.119. The predicted molar refractivity (Wildman–Crippen MR) is 72.9 cm³/mol. The Morgan fingerprint density at radius 3 is 2.78 bits per heavy atom. The van der Waals surface area contributed by atoms with Crippen LogP contribution in [0.15, 0.2) is 27.6 Å². The Hall–Kier alpha value is -0.430. The van der Waals surface area contributed by atoms with Gasteiger partial charge >= 0.3 is 0 Å². The average molecular weight is 334 g/mol. The minimum atomic E-state index is -3.50. The van der Waals surface area contributed by atoms with Crippen LogP contribution in [0.5, 0.6) is 0 Å². The zero-order valence-corrected chi connectivity index (χ0v) is 12.5. The molecule has 18 heavy (non-hydrogen) atoms. The molecule has 2 rings (SSSR count). The maximum atomic E-state index is 12.5. The van der Waals surface area contributed by atoms with Crippen LogP contribution < -0.4 is 0 Å². The van der Waals surface area contributed by atoms with Crippen molar-refractivity contribution in [3.8, 4) is 0 Å². The molecule has 1 unspecified atom stereocenters. The van der Waals surface area contributed by atoms with Crippen molar-refractivity contribution in [2.75, 3.05) is 13.2 Å². The minimum Gasteiger partial charge on any atom is -0.395 e. The van der Waals surface area contributed by atoms with Gasteiger partial charge in [0, 0.05) is 17.1 Å². The third kappa shape index (κ3) is 2.61. The van der Waals surface area contributed by atoms with E-state index in [1.807, 2.05) is 13.0 Å². The number of aliphatic hydroxyl groups is 1. The van der Waals surface area contributed by atoms with E-state index in [2.05, 4.69) is 15.9 Å². The normalized spacial score (nSPS) is 21.4. The summed E-state index contributed by atoms with van der Waals surface area (Å²) in [5, 5.41) is 9.24. The lowest BCUT2D eigenvalue weighted by molar-refractivity contribution is 0.213. The number of rotatable bonds is 3. The molecule has 0 bridgehead atoms. The molecule has 4 nitrogen and oxygen atoms in total. The first-order chi connectivity index (χ1) is 8.45. The number of aryl methyl sites for hydroxylation is 1. The standard InChI is InChI=1S/C12H16BrNO3S/c1-9-5-10(13)7-12(6-9)18(16,17)14-4-2-3-11(14)8-15/h5-7,11,15H,2-4,8H2,1H3. The Morgan fingerprint density at radius 2 is 2.17 bits per heavy atom. The molecule has 1 fully saturated rings. The molecule has 0 aliphatic carbocycles. The van der Waals surface area contributed by atoms with Crippen LogP contribution in [-0.4, -0.2) is 37.0 Å². The Bertz CT molecular complexity index is 524.